The Kier molecular flexibility index (Phi) is 7.18. The molecule has 0 aromatic heterocycles. The standard InChI is InChI=1S/C14H19F3NO6PS3/c15-14(16,17)28(23,24)18-26(19,20)10-27(21,22)25-13-8-6-12(7-9-13)11-4-2-1-3-5-11/h6-9,11,18,25H,1-5,10H2. The van der Waals surface area contributed by atoms with Gasteiger partial charge in [-0.15, -0.1) is 4.13 Å². The highest BCUT2D eigenvalue weighted by Gasteiger charge is 2.48. The van der Waals surface area contributed by atoms with E-state index >= 15 is 0 Å². The largest absolute Gasteiger partial charge is 0.512 e. The Balaban J connectivity index is 2.06. The van der Waals surface area contributed by atoms with Crippen molar-refractivity contribution >= 4 is 42.6 Å². The van der Waals surface area contributed by atoms with Gasteiger partial charge in [-0.2, -0.15) is 13.2 Å². The highest BCUT2D eigenvalue weighted by molar-refractivity contribution is 8.48. The van der Waals surface area contributed by atoms with Gasteiger partial charge in [0.25, 0.3) is 0 Å². The molecule has 0 saturated heterocycles. The lowest BCUT2D eigenvalue weighted by molar-refractivity contribution is -0.0441. The molecule has 160 valence electrons. The summed E-state index contributed by atoms with van der Waals surface area (Å²) in [5.74, 6) is 0.389. The summed E-state index contributed by atoms with van der Waals surface area (Å²) in [5.41, 5.74) is -4.82. The molecule has 1 atom stereocenters. The van der Waals surface area contributed by atoms with Gasteiger partial charge in [0, 0.05) is 7.78 Å². The lowest BCUT2D eigenvalue weighted by atomic mass is 9.84. The number of halogens is 3. The smallest absolute Gasteiger partial charge is 0.224 e. The Bertz CT molecular complexity index is 999. The predicted molar refractivity (Wildman–Crippen MR) is 101 cm³/mol. The summed E-state index contributed by atoms with van der Waals surface area (Å²) < 4.78 is 106. The van der Waals surface area contributed by atoms with Crippen molar-refractivity contribution < 1.29 is 38.4 Å². The molecule has 7 nitrogen and oxygen atoms in total. The lowest BCUT2D eigenvalue weighted by Crippen LogP contribution is -2.42. The Morgan fingerprint density at radius 1 is 0.929 bits per heavy atom. The minimum absolute atomic E-state index is 0.286. The summed E-state index contributed by atoms with van der Waals surface area (Å²) in [6.45, 7) is 0. The first kappa shape index (κ1) is 23.5. The third-order valence-corrected chi connectivity index (χ3v) is 12.7. The average Bonchev–Trinajstić information content (AvgIpc) is 2.52. The first-order chi connectivity index (χ1) is 12.7. The molecule has 1 fully saturated rings. The van der Waals surface area contributed by atoms with Crippen LogP contribution in [0.3, 0.4) is 0 Å². The minimum atomic E-state index is -6.22. The third kappa shape index (κ3) is 6.65. The van der Waals surface area contributed by atoms with Crippen molar-refractivity contribution in [3.05, 3.63) is 29.8 Å². The molecule has 1 saturated carbocycles. The molecule has 1 aliphatic carbocycles. The molecule has 1 aliphatic rings. The molecule has 0 radical (unpaired) electrons. The van der Waals surface area contributed by atoms with Crippen molar-refractivity contribution in [1.82, 2.24) is 4.13 Å². The number of hydrogen-bond acceptors (Lipinski definition) is 6. The molecular formula is C14H19F3NO6PS3. The third-order valence-electron chi connectivity index (χ3n) is 4.11. The lowest BCUT2D eigenvalue weighted by Gasteiger charge is -2.22. The van der Waals surface area contributed by atoms with Gasteiger partial charge in [-0.1, -0.05) is 43.5 Å². The van der Waals surface area contributed by atoms with Gasteiger partial charge >= 0.3 is 15.5 Å². The van der Waals surface area contributed by atoms with Crippen LogP contribution in [0.15, 0.2) is 24.3 Å². The molecule has 0 aliphatic heterocycles. The van der Waals surface area contributed by atoms with Crippen LogP contribution in [0.1, 0.15) is 43.6 Å². The van der Waals surface area contributed by atoms with E-state index in [0.717, 1.165) is 31.2 Å². The maximum atomic E-state index is 12.3. The van der Waals surface area contributed by atoms with E-state index in [4.69, 9.17) is 0 Å². The van der Waals surface area contributed by atoms with Crippen LogP contribution >= 0.6 is 7.78 Å². The van der Waals surface area contributed by atoms with Crippen LogP contribution in [0.5, 0.6) is 0 Å². The maximum absolute atomic E-state index is 12.3. The molecule has 0 bridgehead atoms. The van der Waals surface area contributed by atoms with Crippen LogP contribution < -0.4 is 9.43 Å². The van der Waals surface area contributed by atoms with E-state index in [1.807, 2.05) is 0 Å². The minimum Gasteiger partial charge on any atom is -0.224 e. The van der Waals surface area contributed by atoms with Crippen molar-refractivity contribution in [2.75, 3.05) is 5.08 Å². The van der Waals surface area contributed by atoms with Crippen molar-refractivity contribution in [2.45, 2.75) is 43.5 Å². The monoisotopic (exact) mass is 481 g/mol. The number of alkyl halides is 3. The molecule has 0 spiro atoms. The van der Waals surface area contributed by atoms with Crippen molar-refractivity contribution in [3.63, 3.8) is 0 Å². The van der Waals surface area contributed by atoms with E-state index in [1.54, 1.807) is 12.1 Å². The Morgan fingerprint density at radius 2 is 1.46 bits per heavy atom. The first-order valence-electron chi connectivity index (χ1n) is 8.14. The molecule has 14 heteroatoms. The van der Waals surface area contributed by atoms with E-state index in [0.29, 0.717) is 10.0 Å². The van der Waals surface area contributed by atoms with Crippen molar-refractivity contribution in [2.24, 2.45) is 0 Å². The Hall–Kier alpha value is -0.750. The molecule has 1 aromatic carbocycles. The molecule has 1 unspecified atom stereocenters. The summed E-state index contributed by atoms with van der Waals surface area (Å²) in [7, 11) is -16.9. The summed E-state index contributed by atoms with van der Waals surface area (Å²) in [5, 5.41) is -1.48. The summed E-state index contributed by atoms with van der Waals surface area (Å²) >= 11 is 0. The van der Waals surface area contributed by atoms with Gasteiger partial charge in [0.1, 0.15) is 0 Å². The summed E-state index contributed by atoms with van der Waals surface area (Å²) in [6, 6.07) is 6.59. The summed E-state index contributed by atoms with van der Waals surface area (Å²) in [6.07, 6.45) is 5.50. The fraction of sp³-hybridized carbons (Fsp3) is 0.571. The number of rotatable bonds is 7. The molecule has 0 amide bonds. The SMILES string of the molecule is O=S(=O)(CS(=O)(=O)Pc1ccc(C2CCCCC2)cc1)NS(=O)(=O)C(F)(F)F. The zero-order valence-electron chi connectivity index (χ0n) is 14.4. The second-order valence-corrected chi connectivity index (χ2v) is 15.2. The van der Waals surface area contributed by atoms with Crippen LogP contribution in [-0.2, 0) is 29.5 Å². The molecule has 1 N–H and O–H groups in total. The fourth-order valence-corrected chi connectivity index (χ4v) is 11.2. The van der Waals surface area contributed by atoms with Gasteiger partial charge in [0.15, 0.2) is 14.5 Å². The highest BCUT2D eigenvalue weighted by atomic mass is 32.8. The van der Waals surface area contributed by atoms with Crippen LogP contribution in [0, 0.1) is 0 Å². The molecular weight excluding hydrogens is 462 g/mol. The number of hydrogen-bond donors (Lipinski definition) is 1. The molecule has 1 aromatic rings. The van der Waals surface area contributed by atoms with E-state index in [2.05, 4.69) is 0 Å². The zero-order valence-corrected chi connectivity index (χ0v) is 17.9. The van der Waals surface area contributed by atoms with E-state index in [9.17, 15) is 38.4 Å². The Labute approximate surface area is 163 Å². The average molecular weight is 481 g/mol. The van der Waals surface area contributed by atoms with Gasteiger partial charge in [-0.05, 0) is 29.6 Å². The zero-order chi connectivity index (χ0) is 21.2. The van der Waals surface area contributed by atoms with Crippen LogP contribution in [0.4, 0.5) is 13.2 Å². The fourth-order valence-electron chi connectivity index (χ4n) is 2.91. The number of nitrogens with one attached hydrogen (secondary N) is 1. The normalized spacial score (nSPS) is 18.0. The quantitative estimate of drug-likeness (QED) is 0.597. The molecule has 2 rings (SSSR count). The topological polar surface area (TPSA) is 114 Å². The second-order valence-electron chi connectivity index (χ2n) is 6.44. The van der Waals surface area contributed by atoms with Crippen LogP contribution in [0.2, 0.25) is 0 Å². The number of sulfonamides is 2. The first-order valence-corrected chi connectivity index (χ1v) is 14.6. The van der Waals surface area contributed by atoms with E-state index in [-0.39, 0.29) is 5.30 Å². The van der Waals surface area contributed by atoms with E-state index in [1.165, 1.54) is 18.6 Å². The van der Waals surface area contributed by atoms with Gasteiger partial charge in [-0.25, -0.2) is 25.3 Å². The van der Waals surface area contributed by atoms with Crippen molar-refractivity contribution in [1.29, 1.82) is 0 Å². The van der Waals surface area contributed by atoms with Gasteiger partial charge in [-0.3, -0.25) is 0 Å². The highest BCUT2D eigenvalue weighted by Crippen LogP contribution is 2.33. The van der Waals surface area contributed by atoms with Crippen LogP contribution in [-0.4, -0.2) is 35.8 Å². The summed E-state index contributed by atoms with van der Waals surface area (Å²) in [4.78, 5) is 0. The molecule has 28 heavy (non-hydrogen) atoms. The second kappa shape index (κ2) is 8.55. The van der Waals surface area contributed by atoms with Crippen LogP contribution in [0.25, 0.3) is 0 Å². The predicted octanol–water partition coefficient (Wildman–Crippen LogP) is 2.09. The Morgan fingerprint density at radius 3 is 1.96 bits per heavy atom. The van der Waals surface area contributed by atoms with Gasteiger partial charge < -0.3 is 0 Å². The maximum Gasteiger partial charge on any atom is 0.512 e. The number of benzene rings is 1. The van der Waals surface area contributed by atoms with E-state index < -0.39 is 47.9 Å². The van der Waals surface area contributed by atoms with Gasteiger partial charge in [0.05, 0.1) is 0 Å². The molecule has 0 heterocycles. The van der Waals surface area contributed by atoms with Crippen molar-refractivity contribution in [3.8, 4) is 0 Å². The van der Waals surface area contributed by atoms with Gasteiger partial charge in [0.2, 0.25) is 10.0 Å².